The molecule has 7 heteroatoms. The Bertz CT molecular complexity index is 708. The van der Waals surface area contributed by atoms with Gasteiger partial charge in [-0.05, 0) is 44.6 Å². The molecule has 0 bridgehead atoms. The first kappa shape index (κ1) is 21.0. The van der Waals surface area contributed by atoms with Crippen molar-refractivity contribution in [3.63, 3.8) is 0 Å². The number of amides is 2. The van der Waals surface area contributed by atoms with Crippen molar-refractivity contribution in [1.29, 1.82) is 0 Å². The van der Waals surface area contributed by atoms with Crippen LogP contribution in [0.1, 0.15) is 65.2 Å². The maximum absolute atomic E-state index is 13.0. The zero-order valence-corrected chi connectivity index (χ0v) is 17.0. The molecule has 150 valence electrons. The van der Waals surface area contributed by atoms with Gasteiger partial charge in [0.05, 0.1) is 18.6 Å². The molecule has 1 aliphatic rings. The number of hydrogen-bond acceptors (Lipinski definition) is 4. The number of methoxy groups -OCH3 is 1. The summed E-state index contributed by atoms with van der Waals surface area (Å²) in [5, 5.41) is 2.98. The molecule has 1 aromatic rings. The van der Waals surface area contributed by atoms with Crippen molar-refractivity contribution in [3.8, 4) is 0 Å². The van der Waals surface area contributed by atoms with E-state index in [-0.39, 0.29) is 17.7 Å². The third-order valence-corrected chi connectivity index (χ3v) is 5.14. The number of nitrogens with one attached hydrogen (secondary N) is 2. The van der Waals surface area contributed by atoms with Gasteiger partial charge in [-0.15, -0.1) is 0 Å². The van der Waals surface area contributed by atoms with Gasteiger partial charge in [-0.25, -0.2) is 4.79 Å². The number of aryl methyl sites for hydroxylation is 1. The van der Waals surface area contributed by atoms with Crippen molar-refractivity contribution >= 4 is 17.8 Å². The monoisotopic (exact) mass is 377 g/mol. The van der Waals surface area contributed by atoms with Gasteiger partial charge in [0, 0.05) is 25.3 Å². The molecule has 1 aromatic heterocycles. The second kappa shape index (κ2) is 9.06. The van der Waals surface area contributed by atoms with Crippen LogP contribution in [0.3, 0.4) is 0 Å². The first-order chi connectivity index (χ1) is 12.8. The second-order valence-electron chi connectivity index (χ2n) is 7.68. The van der Waals surface area contributed by atoms with Gasteiger partial charge < -0.3 is 19.9 Å². The van der Waals surface area contributed by atoms with Crippen LogP contribution in [0.5, 0.6) is 0 Å². The van der Waals surface area contributed by atoms with Crippen molar-refractivity contribution in [2.45, 2.75) is 47.0 Å². The van der Waals surface area contributed by atoms with Crippen molar-refractivity contribution in [2.24, 2.45) is 11.8 Å². The Morgan fingerprint density at radius 2 is 2.00 bits per heavy atom. The predicted octanol–water partition coefficient (Wildman–Crippen LogP) is 2.43. The number of likely N-dealkylation sites (tertiary alicyclic amines) is 1. The number of hydrogen-bond donors (Lipinski definition) is 2. The molecule has 0 saturated carbocycles. The lowest BCUT2D eigenvalue weighted by atomic mass is 9.96. The molecular weight excluding hydrogens is 346 g/mol. The minimum atomic E-state index is -0.457. The van der Waals surface area contributed by atoms with E-state index in [0.29, 0.717) is 48.1 Å². The van der Waals surface area contributed by atoms with Crippen LogP contribution < -0.4 is 5.32 Å². The van der Waals surface area contributed by atoms with Gasteiger partial charge in [0.1, 0.15) is 5.69 Å². The number of nitrogens with zero attached hydrogens (tertiary/aromatic N) is 1. The number of aromatic nitrogens is 1. The van der Waals surface area contributed by atoms with Gasteiger partial charge >= 0.3 is 5.97 Å². The number of esters is 1. The fourth-order valence-electron chi connectivity index (χ4n) is 3.53. The fourth-order valence-corrected chi connectivity index (χ4v) is 3.53. The van der Waals surface area contributed by atoms with E-state index in [2.05, 4.69) is 24.1 Å². The van der Waals surface area contributed by atoms with Crippen molar-refractivity contribution in [1.82, 2.24) is 15.2 Å². The first-order valence-corrected chi connectivity index (χ1v) is 9.60. The Morgan fingerprint density at radius 1 is 1.30 bits per heavy atom. The lowest BCUT2D eigenvalue weighted by Crippen LogP contribution is -2.46. The quantitative estimate of drug-likeness (QED) is 0.745. The van der Waals surface area contributed by atoms with E-state index in [1.807, 2.05) is 0 Å². The molecule has 7 nitrogen and oxygen atoms in total. The van der Waals surface area contributed by atoms with Crippen LogP contribution in [0.2, 0.25) is 0 Å². The number of carbonyl (C=O) groups is 3. The molecule has 0 unspecified atom stereocenters. The molecule has 0 aliphatic carbocycles. The molecule has 2 heterocycles. The van der Waals surface area contributed by atoms with E-state index in [1.165, 1.54) is 7.11 Å². The topological polar surface area (TPSA) is 91.5 Å². The van der Waals surface area contributed by atoms with E-state index >= 15 is 0 Å². The summed E-state index contributed by atoms with van der Waals surface area (Å²) in [6, 6.07) is 0. The number of aromatic amines is 1. The Balaban J connectivity index is 2.07. The number of ether oxygens (including phenoxy) is 1. The van der Waals surface area contributed by atoms with Gasteiger partial charge in [-0.1, -0.05) is 13.8 Å². The summed E-state index contributed by atoms with van der Waals surface area (Å²) < 4.78 is 4.80. The summed E-state index contributed by atoms with van der Waals surface area (Å²) in [6.07, 6.45) is 2.52. The summed E-state index contributed by atoms with van der Waals surface area (Å²) in [7, 11) is 1.32. The van der Waals surface area contributed by atoms with Gasteiger partial charge in [-0.2, -0.15) is 0 Å². The number of piperidine rings is 1. The highest BCUT2D eigenvalue weighted by Gasteiger charge is 2.31. The zero-order chi connectivity index (χ0) is 20.1. The molecule has 27 heavy (non-hydrogen) atoms. The Kier molecular flexibility index (Phi) is 7.05. The van der Waals surface area contributed by atoms with Gasteiger partial charge in [0.25, 0.3) is 5.91 Å². The Morgan fingerprint density at radius 3 is 2.63 bits per heavy atom. The van der Waals surface area contributed by atoms with Gasteiger partial charge in [-0.3, -0.25) is 9.59 Å². The van der Waals surface area contributed by atoms with Crippen LogP contribution >= 0.6 is 0 Å². The van der Waals surface area contributed by atoms with E-state index < -0.39 is 5.97 Å². The second-order valence-corrected chi connectivity index (χ2v) is 7.68. The minimum absolute atomic E-state index is 0.0165. The van der Waals surface area contributed by atoms with Crippen LogP contribution in [0.4, 0.5) is 0 Å². The lowest BCUT2D eigenvalue weighted by molar-refractivity contribution is -0.126. The highest BCUT2D eigenvalue weighted by molar-refractivity contribution is 6.00. The van der Waals surface area contributed by atoms with Crippen LogP contribution in [0, 0.1) is 25.7 Å². The van der Waals surface area contributed by atoms with Crippen LogP contribution in [0.25, 0.3) is 0 Å². The normalized spacial score (nSPS) is 17.1. The SMILES string of the molecule is COC(=O)c1c(C)[nH]c(C(=O)N2CCC[C@@H](C(=O)NCCC(C)C)C2)c1C. The number of rotatable bonds is 6. The van der Waals surface area contributed by atoms with Crippen LogP contribution in [0.15, 0.2) is 0 Å². The van der Waals surface area contributed by atoms with Gasteiger partial charge in [0.2, 0.25) is 5.91 Å². The standard InChI is InChI=1S/C20H31N3O4/c1-12(2)8-9-21-18(24)15-7-6-10-23(11-15)19(25)17-13(3)16(14(4)22-17)20(26)27-5/h12,15,22H,6-11H2,1-5H3,(H,21,24)/t15-/m1/s1. The van der Waals surface area contributed by atoms with E-state index in [9.17, 15) is 14.4 Å². The highest BCUT2D eigenvalue weighted by Crippen LogP contribution is 2.23. The first-order valence-electron chi connectivity index (χ1n) is 9.60. The maximum Gasteiger partial charge on any atom is 0.339 e. The zero-order valence-electron chi connectivity index (χ0n) is 17.0. The molecule has 1 fully saturated rings. The number of carbonyl (C=O) groups excluding carboxylic acids is 3. The van der Waals surface area contributed by atoms with E-state index in [0.717, 1.165) is 19.3 Å². The van der Waals surface area contributed by atoms with Crippen molar-refractivity contribution < 1.29 is 19.1 Å². The fraction of sp³-hybridized carbons (Fsp3) is 0.650. The molecule has 2 N–H and O–H groups in total. The van der Waals surface area contributed by atoms with Crippen LogP contribution in [-0.2, 0) is 9.53 Å². The molecule has 0 spiro atoms. The molecule has 0 aromatic carbocycles. The number of H-pyrrole nitrogens is 1. The summed E-state index contributed by atoms with van der Waals surface area (Å²) in [5.74, 6) is -0.265. The minimum Gasteiger partial charge on any atom is -0.465 e. The average Bonchev–Trinajstić information content (AvgIpc) is 2.94. The summed E-state index contributed by atoms with van der Waals surface area (Å²) in [6.45, 7) is 9.41. The third kappa shape index (κ3) is 4.90. The maximum atomic E-state index is 13.0. The summed E-state index contributed by atoms with van der Waals surface area (Å²) in [5.41, 5.74) is 2.00. The van der Waals surface area contributed by atoms with E-state index in [4.69, 9.17) is 4.74 Å². The lowest BCUT2D eigenvalue weighted by Gasteiger charge is -2.32. The molecular formula is C20H31N3O4. The Hall–Kier alpha value is -2.31. The molecule has 0 radical (unpaired) electrons. The van der Waals surface area contributed by atoms with Crippen molar-refractivity contribution in [2.75, 3.05) is 26.7 Å². The molecule has 1 atom stereocenters. The highest BCUT2D eigenvalue weighted by atomic mass is 16.5. The smallest absolute Gasteiger partial charge is 0.339 e. The van der Waals surface area contributed by atoms with Gasteiger partial charge in [0.15, 0.2) is 0 Å². The average molecular weight is 377 g/mol. The molecule has 1 aliphatic heterocycles. The Labute approximate surface area is 160 Å². The largest absolute Gasteiger partial charge is 0.465 e. The summed E-state index contributed by atoms with van der Waals surface area (Å²) in [4.78, 5) is 42.1. The molecule has 2 rings (SSSR count). The van der Waals surface area contributed by atoms with Crippen LogP contribution in [-0.4, -0.2) is 54.4 Å². The predicted molar refractivity (Wildman–Crippen MR) is 103 cm³/mol. The molecule has 1 saturated heterocycles. The summed E-state index contributed by atoms with van der Waals surface area (Å²) >= 11 is 0. The molecule has 2 amide bonds. The third-order valence-electron chi connectivity index (χ3n) is 5.14. The van der Waals surface area contributed by atoms with E-state index in [1.54, 1.807) is 18.7 Å². The van der Waals surface area contributed by atoms with Crippen molar-refractivity contribution in [3.05, 3.63) is 22.5 Å².